The van der Waals surface area contributed by atoms with Crippen molar-refractivity contribution in [3.05, 3.63) is 60.2 Å². The largest absolute Gasteiger partial charge is 0.462 e. The monoisotopic (exact) mass is 352 g/mol. The van der Waals surface area contributed by atoms with E-state index in [2.05, 4.69) is 5.10 Å². The first kappa shape index (κ1) is 17.8. The SMILES string of the molecule is CCOC(=O)C1(O)CC(C)=NN1C(=O)c1ccc(-c2ccccc2)cc1. The molecule has 0 aliphatic carbocycles. The predicted octanol–water partition coefficient (Wildman–Crippen LogP) is 2.83. The summed E-state index contributed by atoms with van der Waals surface area (Å²) >= 11 is 0. The fraction of sp³-hybridized carbons (Fsp3) is 0.250. The summed E-state index contributed by atoms with van der Waals surface area (Å²) in [6.45, 7) is 3.39. The van der Waals surface area contributed by atoms with Crippen molar-refractivity contribution >= 4 is 17.6 Å². The molecule has 3 rings (SSSR count). The zero-order valence-electron chi connectivity index (χ0n) is 14.7. The van der Waals surface area contributed by atoms with Crippen LogP contribution in [-0.2, 0) is 9.53 Å². The van der Waals surface area contributed by atoms with Gasteiger partial charge in [0.2, 0.25) is 0 Å². The zero-order chi connectivity index (χ0) is 18.7. The molecule has 1 atom stereocenters. The fourth-order valence-electron chi connectivity index (χ4n) is 2.90. The number of amides is 1. The van der Waals surface area contributed by atoms with Crippen molar-refractivity contribution in [3.63, 3.8) is 0 Å². The Bertz CT molecular complexity index is 846. The van der Waals surface area contributed by atoms with Gasteiger partial charge in [0.05, 0.1) is 6.61 Å². The number of ether oxygens (including phenoxy) is 1. The first-order chi connectivity index (χ1) is 12.5. The number of aliphatic hydroxyl groups is 1. The third kappa shape index (κ3) is 3.23. The molecule has 1 aliphatic heterocycles. The van der Waals surface area contributed by atoms with Crippen molar-refractivity contribution in [3.8, 4) is 11.1 Å². The molecule has 1 unspecified atom stereocenters. The van der Waals surface area contributed by atoms with E-state index in [1.165, 1.54) is 0 Å². The van der Waals surface area contributed by atoms with Gasteiger partial charge in [0.25, 0.3) is 11.6 Å². The van der Waals surface area contributed by atoms with Crippen molar-refractivity contribution < 1.29 is 19.4 Å². The van der Waals surface area contributed by atoms with Crippen LogP contribution in [0, 0.1) is 0 Å². The van der Waals surface area contributed by atoms with E-state index in [0.29, 0.717) is 11.3 Å². The number of hydrazone groups is 1. The highest BCUT2D eigenvalue weighted by atomic mass is 16.6. The molecule has 2 aromatic carbocycles. The highest BCUT2D eigenvalue weighted by Gasteiger charge is 2.51. The van der Waals surface area contributed by atoms with E-state index in [1.807, 2.05) is 42.5 Å². The summed E-state index contributed by atoms with van der Waals surface area (Å²) in [6.07, 6.45) is -0.0698. The molecule has 134 valence electrons. The minimum absolute atomic E-state index is 0.0698. The quantitative estimate of drug-likeness (QED) is 0.858. The third-order valence-electron chi connectivity index (χ3n) is 4.16. The molecule has 0 spiro atoms. The molecule has 6 heteroatoms. The van der Waals surface area contributed by atoms with Crippen LogP contribution < -0.4 is 0 Å². The molecule has 1 amide bonds. The molecule has 2 aromatic rings. The number of benzene rings is 2. The topological polar surface area (TPSA) is 79.2 Å². The maximum atomic E-state index is 12.8. The van der Waals surface area contributed by atoms with E-state index in [9.17, 15) is 14.7 Å². The summed E-state index contributed by atoms with van der Waals surface area (Å²) in [7, 11) is 0. The fourth-order valence-corrected chi connectivity index (χ4v) is 2.90. The van der Waals surface area contributed by atoms with E-state index in [-0.39, 0.29) is 13.0 Å². The minimum Gasteiger partial charge on any atom is -0.462 e. The number of hydrogen-bond donors (Lipinski definition) is 1. The molecule has 1 heterocycles. The standard InChI is InChI=1S/C20H20N2O4/c1-3-26-19(24)20(25)13-14(2)21-22(20)18(23)17-11-9-16(10-12-17)15-7-5-4-6-8-15/h4-12,25H,3,13H2,1-2H3. The van der Waals surface area contributed by atoms with Crippen molar-refractivity contribution in [2.75, 3.05) is 6.61 Å². The van der Waals surface area contributed by atoms with E-state index in [4.69, 9.17) is 4.74 Å². The highest BCUT2D eigenvalue weighted by Crippen LogP contribution is 2.29. The maximum Gasteiger partial charge on any atom is 0.362 e. The van der Waals surface area contributed by atoms with Gasteiger partial charge >= 0.3 is 5.97 Å². The Morgan fingerprint density at radius 3 is 2.35 bits per heavy atom. The molecule has 0 fully saturated rings. The van der Waals surface area contributed by atoms with Crippen LogP contribution in [0.2, 0.25) is 0 Å². The molecule has 1 N–H and O–H groups in total. The van der Waals surface area contributed by atoms with Crippen LogP contribution >= 0.6 is 0 Å². The van der Waals surface area contributed by atoms with Gasteiger partial charge in [0, 0.05) is 17.7 Å². The van der Waals surface area contributed by atoms with E-state index in [0.717, 1.165) is 16.1 Å². The molecule has 6 nitrogen and oxygen atoms in total. The lowest BCUT2D eigenvalue weighted by atomic mass is 10.0. The Labute approximate surface area is 151 Å². The van der Waals surface area contributed by atoms with Gasteiger partial charge in [-0.3, -0.25) is 4.79 Å². The van der Waals surface area contributed by atoms with Gasteiger partial charge in [-0.15, -0.1) is 0 Å². The average molecular weight is 352 g/mol. The second-order valence-corrected chi connectivity index (χ2v) is 6.11. The van der Waals surface area contributed by atoms with Crippen molar-refractivity contribution in [2.24, 2.45) is 5.10 Å². The summed E-state index contributed by atoms with van der Waals surface area (Å²) in [5, 5.41) is 15.6. The number of carbonyl (C=O) groups is 2. The summed E-state index contributed by atoms with van der Waals surface area (Å²) in [5.74, 6) is -1.44. The van der Waals surface area contributed by atoms with E-state index >= 15 is 0 Å². The molecule has 0 saturated carbocycles. The number of rotatable bonds is 4. The Kier molecular flexibility index (Phi) is 4.86. The third-order valence-corrected chi connectivity index (χ3v) is 4.16. The Hall–Kier alpha value is -2.99. The smallest absolute Gasteiger partial charge is 0.362 e. The molecule has 0 aromatic heterocycles. The van der Waals surface area contributed by atoms with Gasteiger partial charge in [-0.25, -0.2) is 4.79 Å². The maximum absolute atomic E-state index is 12.8. The number of nitrogens with zero attached hydrogens (tertiary/aromatic N) is 2. The minimum atomic E-state index is -2.10. The number of carbonyl (C=O) groups excluding carboxylic acids is 2. The van der Waals surface area contributed by atoms with Crippen LogP contribution in [0.1, 0.15) is 30.6 Å². The first-order valence-corrected chi connectivity index (χ1v) is 8.39. The first-order valence-electron chi connectivity index (χ1n) is 8.39. The van der Waals surface area contributed by atoms with Crippen LogP contribution in [0.4, 0.5) is 0 Å². The molecule has 1 aliphatic rings. The summed E-state index contributed by atoms with van der Waals surface area (Å²) < 4.78 is 4.91. The van der Waals surface area contributed by atoms with Crippen LogP contribution in [0.25, 0.3) is 11.1 Å². The molecule has 0 saturated heterocycles. The molecular formula is C20H20N2O4. The molecule has 26 heavy (non-hydrogen) atoms. The number of hydrogen-bond acceptors (Lipinski definition) is 5. The van der Waals surface area contributed by atoms with E-state index < -0.39 is 17.6 Å². The van der Waals surface area contributed by atoms with Gasteiger partial charge in [-0.2, -0.15) is 10.1 Å². The predicted molar refractivity (Wildman–Crippen MR) is 97.4 cm³/mol. The van der Waals surface area contributed by atoms with Gasteiger partial charge in [-0.1, -0.05) is 42.5 Å². The molecule has 0 bridgehead atoms. The lowest BCUT2D eigenvalue weighted by Gasteiger charge is -2.28. The van der Waals surface area contributed by atoms with Gasteiger partial charge < -0.3 is 9.84 Å². The highest BCUT2D eigenvalue weighted by molar-refractivity contribution is 6.02. The Morgan fingerprint density at radius 1 is 1.12 bits per heavy atom. The summed E-state index contributed by atoms with van der Waals surface area (Å²) in [5.41, 5.74) is 0.698. The van der Waals surface area contributed by atoms with Crippen molar-refractivity contribution in [2.45, 2.75) is 26.0 Å². The Balaban J connectivity index is 1.87. The van der Waals surface area contributed by atoms with E-state index in [1.54, 1.807) is 26.0 Å². The second-order valence-electron chi connectivity index (χ2n) is 6.11. The lowest BCUT2D eigenvalue weighted by Crippen LogP contribution is -2.53. The van der Waals surface area contributed by atoms with Crippen molar-refractivity contribution in [1.82, 2.24) is 5.01 Å². The molecular weight excluding hydrogens is 332 g/mol. The average Bonchev–Trinajstić information content (AvgIpc) is 2.98. The van der Waals surface area contributed by atoms with Crippen LogP contribution in [-0.4, -0.2) is 40.0 Å². The van der Waals surface area contributed by atoms with Crippen molar-refractivity contribution in [1.29, 1.82) is 0 Å². The zero-order valence-corrected chi connectivity index (χ0v) is 14.7. The number of esters is 1. The molecule has 0 radical (unpaired) electrons. The lowest BCUT2D eigenvalue weighted by molar-refractivity contribution is -0.179. The van der Waals surface area contributed by atoms with Gasteiger partial charge in [0.1, 0.15) is 0 Å². The second kappa shape index (κ2) is 7.09. The van der Waals surface area contributed by atoms with Crippen LogP contribution in [0.15, 0.2) is 59.7 Å². The van der Waals surface area contributed by atoms with Gasteiger partial charge in [-0.05, 0) is 37.1 Å². The normalized spacial score (nSPS) is 19.2. The summed E-state index contributed by atoms with van der Waals surface area (Å²) in [6, 6.07) is 16.7. The van der Waals surface area contributed by atoms with Crippen LogP contribution in [0.5, 0.6) is 0 Å². The van der Waals surface area contributed by atoms with Gasteiger partial charge in [0.15, 0.2) is 0 Å². The Morgan fingerprint density at radius 2 is 1.73 bits per heavy atom. The summed E-state index contributed by atoms with van der Waals surface area (Å²) in [4.78, 5) is 25.0. The van der Waals surface area contributed by atoms with Crippen LogP contribution in [0.3, 0.4) is 0 Å².